The van der Waals surface area contributed by atoms with E-state index in [-0.39, 0.29) is 5.60 Å². The van der Waals surface area contributed by atoms with Crippen LogP contribution in [0.4, 0.5) is 0 Å². The maximum Gasteiger partial charge on any atom is 0.124 e. The first-order chi connectivity index (χ1) is 9.71. The molecule has 1 heterocycles. The number of benzene rings is 1. The molecular weight excluding hydrogens is 318 g/mol. The molecule has 1 atom stereocenters. The Balaban J connectivity index is 1.70. The summed E-state index contributed by atoms with van der Waals surface area (Å²) in [4.78, 5) is 0. The minimum Gasteiger partial charge on any atom is -0.490 e. The zero-order valence-electron chi connectivity index (χ0n) is 12.0. The number of halogens is 1. The van der Waals surface area contributed by atoms with Crippen LogP contribution in [0.3, 0.4) is 0 Å². The molecule has 1 saturated carbocycles. The summed E-state index contributed by atoms with van der Waals surface area (Å²) >= 11 is 3.53. The summed E-state index contributed by atoms with van der Waals surface area (Å²) in [7, 11) is 1.96. The number of hydrogen-bond acceptors (Lipinski definition) is 3. The van der Waals surface area contributed by atoms with Crippen LogP contribution >= 0.6 is 15.9 Å². The van der Waals surface area contributed by atoms with Crippen molar-refractivity contribution < 1.29 is 9.47 Å². The van der Waals surface area contributed by atoms with E-state index >= 15 is 0 Å². The molecule has 110 valence electrons. The molecule has 1 spiro atoms. The number of nitrogens with one attached hydrogen (secondary N) is 1. The van der Waals surface area contributed by atoms with Crippen molar-refractivity contribution in [3.63, 3.8) is 0 Å². The third-order valence-electron chi connectivity index (χ3n) is 4.40. The van der Waals surface area contributed by atoms with E-state index in [2.05, 4.69) is 33.4 Å². The van der Waals surface area contributed by atoms with E-state index in [1.54, 1.807) is 0 Å². The van der Waals surface area contributed by atoms with Crippen LogP contribution in [-0.2, 0) is 11.3 Å². The fourth-order valence-corrected chi connectivity index (χ4v) is 3.58. The molecule has 3 rings (SSSR count). The molecule has 0 radical (unpaired) electrons. The highest BCUT2D eigenvalue weighted by atomic mass is 79.9. The van der Waals surface area contributed by atoms with Gasteiger partial charge >= 0.3 is 0 Å². The number of hydrogen-bond donors (Lipinski definition) is 1. The van der Waals surface area contributed by atoms with Crippen molar-refractivity contribution in [1.82, 2.24) is 5.32 Å². The van der Waals surface area contributed by atoms with Gasteiger partial charge in [-0.15, -0.1) is 0 Å². The molecule has 0 bridgehead atoms. The quantitative estimate of drug-likeness (QED) is 0.908. The van der Waals surface area contributed by atoms with E-state index in [4.69, 9.17) is 9.47 Å². The second-order valence-electron chi connectivity index (χ2n) is 5.90. The van der Waals surface area contributed by atoms with E-state index in [0.717, 1.165) is 36.2 Å². The molecule has 1 saturated heterocycles. The summed E-state index contributed by atoms with van der Waals surface area (Å²) in [5.74, 6) is 1.00. The van der Waals surface area contributed by atoms with Crippen molar-refractivity contribution in [2.24, 2.45) is 0 Å². The van der Waals surface area contributed by atoms with Crippen molar-refractivity contribution >= 4 is 15.9 Å². The van der Waals surface area contributed by atoms with Crippen molar-refractivity contribution in [2.75, 3.05) is 13.7 Å². The molecule has 1 unspecified atom stereocenters. The molecule has 0 amide bonds. The molecule has 1 aromatic carbocycles. The zero-order valence-corrected chi connectivity index (χ0v) is 13.5. The molecule has 1 aliphatic heterocycles. The Morgan fingerprint density at radius 1 is 1.45 bits per heavy atom. The minimum absolute atomic E-state index is 0.140. The Hall–Kier alpha value is -0.580. The fourth-order valence-electron chi connectivity index (χ4n) is 3.17. The third kappa shape index (κ3) is 3.02. The van der Waals surface area contributed by atoms with Crippen LogP contribution < -0.4 is 10.1 Å². The maximum atomic E-state index is 6.28. The van der Waals surface area contributed by atoms with Gasteiger partial charge in [-0.25, -0.2) is 0 Å². The Labute approximate surface area is 129 Å². The Morgan fingerprint density at radius 3 is 3.00 bits per heavy atom. The lowest BCUT2D eigenvalue weighted by Crippen LogP contribution is -2.48. The molecule has 3 nitrogen and oxygen atoms in total. The summed E-state index contributed by atoms with van der Waals surface area (Å²) < 4.78 is 13.3. The predicted octanol–water partition coefficient (Wildman–Crippen LogP) is 3.65. The monoisotopic (exact) mass is 339 g/mol. The molecule has 4 heteroatoms. The number of rotatable bonds is 4. The van der Waals surface area contributed by atoms with Gasteiger partial charge in [0.1, 0.15) is 11.9 Å². The van der Waals surface area contributed by atoms with Gasteiger partial charge in [0.25, 0.3) is 0 Å². The summed E-state index contributed by atoms with van der Waals surface area (Å²) in [6.07, 6.45) is 6.04. The van der Waals surface area contributed by atoms with Crippen LogP contribution in [-0.4, -0.2) is 25.4 Å². The highest BCUT2D eigenvalue weighted by Gasteiger charge is 2.43. The van der Waals surface area contributed by atoms with Crippen LogP contribution in [0.1, 0.15) is 37.7 Å². The Kier molecular flexibility index (Phi) is 4.34. The lowest BCUT2D eigenvalue weighted by molar-refractivity contribution is -0.153. The van der Waals surface area contributed by atoms with E-state index in [0.29, 0.717) is 6.10 Å². The minimum atomic E-state index is 0.140. The standard InChI is InChI=1S/C16H22BrNO2/c1-18-11-12-9-13(17)3-4-15(12)20-14-5-8-19-16(10-14)6-2-7-16/h3-4,9,14,18H,2,5-8,10-11H2,1H3. The molecule has 1 N–H and O–H groups in total. The highest BCUT2D eigenvalue weighted by molar-refractivity contribution is 9.10. The largest absolute Gasteiger partial charge is 0.490 e. The summed E-state index contributed by atoms with van der Waals surface area (Å²) in [5.41, 5.74) is 1.34. The van der Waals surface area contributed by atoms with Gasteiger partial charge in [-0.1, -0.05) is 15.9 Å². The van der Waals surface area contributed by atoms with Gasteiger partial charge in [0.2, 0.25) is 0 Å². The Morgan fingerprint density at radius 2 is 2.30 bits per heavy atom. The molecule has 2 aliphatic rings. The second-order valence-corrected chi connectivity index (χ2v) is 6.82. The van der Waals surface area contributed by atoms with E-state index < -0.39 is 0 Å². The summed E-state index contributed by atoms with van der Waals surface area (Å²) in [6.45, 7) is 1.66. The third-order valence-corrected chi connectivity index (χ3v) is 4.89. The lowest BCUT2D eigenvalue weighted by Gasteiger charge is -2.47. The van der Waals surface area contributed by atoms with Crippen molar-refractivity contribution in [3.8, 4) is 5.75 Å². The van der Waals surface area contributed by atoms with Crippen LogP contribution in [0.25, 0.3) is 0 Å². The van der Waals surface area contributed by atoms with Crippen LogP contribution in [0.5, 0.6) is 5.75 Å². The first-order valence-corrected chi connectivity index (χ1v) is 8.24. The average Bonchev–Trinajstić information content (AvgIpc) is 2.41. The smallest absolute Gasteiger partial charge is 0.124 e. The van der Waals surface area contributed by atoms with Crippen molar-refractivity contribution in [1.29, 1.82) is 0 Å². The highest BCUT2D eigenvalue weighted by Crippen LogP contribution is 2.43. The van der Waals surface area contributed by atoms with Gasteiger partial charge in [0.15, 0.2) is 0 Å². The zero-order chi connectivity index (χ0) is 14.0. The summed E-state index contributed by atoms with van der Waals surface area (Å²) in [6, 6.07) is 6.25. The predicted molar refractivity (Wildman–Crippen MR) is 83.1 cm³/mol. The van der Waals surface area contributed by atoms with Gasteiger partial charge in [-0.05, 0) is 44.5 Å². The normalized spacial score (nSPS) is 24.4. The molecule has 2 fully saturated rings. The Bertz CT molecular complexity index is 474. The van der Waals surface area contributed by atoms with Gasteiger partial charge in [-0.3, -0.25) is 0 Å². The van der Waals surface area contributed by atoms with E-state index in [1.165, 1.54) is 24.8 Å². The average molecular weight is 340 g/mol. The fraction of sp³-hybridized carbons (Fsp3) is 0.625. The molecular formula is C16H22BrNO2. The first kappa shape index (κ1) is 14.4. The van der Waals surface area contributed by atoms with Crippen molar-refractivity contribution in [3.05, 3.63) is 28.2 Å². The second kappa shape index (κ2) is 6.04. The van der Waals surface area contributed by atoms with Gasteiger partial charge in [0.05, 0.1) is 12.2 Å². The topological polar surface area (TPSA) is 30.5 Å². The van der Waals surface area contributed by atoms with Crippen LogP contribution in [0.15, 0.2) is 22.7 Å². The SMILES string of the molecule is CNCc1cc(Br)ccc1OC1CCOC2(CCC2)C1. The maximum absolute atomic E-state index is 6.28. The summed E-state index contributed by atoms with van der Waals surface area (Å²) in [5, 5.41) is 3.20. The van der Waals surface area contributed by atoms with Gasteiger partial charge in [-0.2, -0.15) is 0 Å². The van der Waals surface area contributed by atoms with Crippen LogP contribution in [0, 0.1) is 0 Å². The molecule has 20 heavy (non-hydrogen) atoms. The van der Waals surface area contributed by atoms with E-state index in [1.807, 2.05) is 13.1 Å². The molecule has 1 aliphatic carbocycles. The van der Waals surface area contributed by atoms with E-state index in [9.17, 15) is 0 Å². The van der Waals surface area contributed by atoms with Crippen LogP contribution in [0.2, 0.25) is 0 Å². The van der Waals surface area contributed by atoms with Crippen molar-refractivity contribution in [2.45, 2.75) is 50.4 Å². The van der Waals surface area contributed by atoms with Gasteiger partial charge in [0, 0.05) is 29.4 Å². The number of ether oxygens (including phenoxy) is 2. The first-order valence-electron chi connectivity index (χ1n) is 7.44. The lowest BCUT2D eigenvalue weighted by atomic mass is 9.74. The van der Waals surface area contributed by atoms with Gasteiger partial charge < -0.3 is 14.8 Å². The molecule has 0 aromatic heterocycles. The molecule has 1 aromatic rings.